The van der Waals surface area contributed by atoms with E-state index in [9.17, 15) is 4.79 Å². The van der Waals surface area contributed by atoms with Gasteiger partial charge < -0.3 is 15.1 Å². The van der Waals surface area contributed by atoms with Gasteiger partial charge >= 0.3 is 6.03 Å². The topological polar surface area (TPSA) is 35.6 Å². The van der Waals surface area contributed by atoms with E-state index < -0.39 is 0 Å². The van der Waals surface area contributed by atoms with Gasteiger partial charge in [-0.25, -0.2) is 4.79 Å². The molecule has 3 heterocycles. The van der Waals surface area contributed by atoms with Gasteiger partial charge in [0, 0.05) is 38.1 Å². The second-order valence-electron chi connectivity index (χ2n) is 7.26. The molecule has 20 heavy (non-hydrogen) atoms. The molecule has 0 bridgehead atoms. The molecule has 3 aliphatic heterocycles. The van der Waals surface area contributed by atoms with E-state index in [1.54, 1.807) is 0 Å². The number of nitrogens with zero attached hydrogens (tertiary/aromatic N) is 2. The van der Waals surface area contributed by atoms with Gasteiger partial charge in [-0.1, -0.05) is 6.92 Å². The van der Waals surface area contributed by atoms with Gasteiger partial charge in [0.2, 0.25) is 0 Å². The Bertz CT molecular complexity index is 338. The third kappa shape index (κ3) is 2.95. The van der Waals surface area contributed by atoms with E-state index in [1.807, 2.05) is 0 Å². The van der Waals surface area contributed by atoms with Crippen LogP contribution in [0.4, 0.5) is 4.79 Å². The Labute approximate surface area is 122 Å². The van der Waals surface area contributed by atoms with E-state index >= 15 is 0 Å². The van der Waals surface area contributed by atoms with Crippen molar-refractivity contribution >= 4 is 6.03 Å². The van der Waals surface area contributed by atoms with Crippen molar-refractivity contribution in [1.82, 2.24) is 15.1 Å². The maximum absolute atomic E-state index is 12.7. The van der Waals surface area contributed by atoms with Crippen molar-refractivity contribution in [3.63, 3.8) is 0 Å². The molecule has 3 fully saturated rings. The summed E-state index contributed by atoms with van der Waals surface area (Å²) in [6.07, 6.45) is 7.38. The quantitative estimate of drug-likeness (QED) is 0.738. The minimum absolute atomic E-state index is 0.307. The third-order valence-corrected chi connectivity index (χ3v) is 5.55. The van der Waals surface area contributed by atoms with E-state index in [0.29, 0.717) is 11.4 Å². The molecule has 0 radical (unpaired) electrons. The van der Waals surface area contributed by atoms with Gasteiger partial charge in [0.15, 0.2) is 0 Å². The zero-order chi connectivity index (χ0) is 14.0. The van der Waals surface area contributed by atoms with Gasteiger partial charge in [-0.3, -0.25) is 0 Å². The SMILES string of the molecule is CC1CCN(C(=O)N2CCCC3(CCCNC3)C2)CC1. The van der Waals surface area contributed by atoms with Gasteiger partial charge in [0.25, 0.3) is 0 Å². The Balaban J connectivity index is 1.60. The van der Waals surface area contributed by atoms with E-state index in [1.165, 1.54) is 38.5 Å². The van der Waals surface area contributed by atoms with Crippen molar-refractivity contribution in [2.75, 3.05) is 39.3 Å². The lowest BCUT2D eigenvalue weighted by Crippen LogP contribution is -2.56. The Morgan fingerprint density at radius 1 is 1.10 bits per heavy atom. The molecule has 114 valence electrons. The molecule has 0 aromatic carbocycles. The summed E-state index contributed by atoms with van der Waals surface area (Å²) in [5, 5.41) is 3.54. The van der Waals surface area contributed by atoms with E-state index in [0.717, 1.165) is 45.2 Å². The summed E-state index contributed by atoms with van der Waals surface area (Å²) in [5.41, 5.74) is 0.370. The Hall–Kier alpha value is -0.770. The largest absolute Gasteiger partial charge is 0.325 e. The second kappa shape index (κ2) is 5.92. The molecule has 0 aliphatic carbocycles. The molecule has 1 atom stereocenters. The van der Waals surface area contributed by atoms with Gasteiger partial charge in [-0.2, -0.15) is 0 Å². The van der Waals surface area contributed by atoms with Crippen LogP contribution in [0.15, 0.2) is 0 Å². The van der Waals surface area contributed by atoms with Crippen molar-refractivity contribution in [3.8, 4) is 0 Å². The fourth-order valence-electron chi connectivity index (χ4n) is 4.15. The average molecular weight is 279 g/mol. The van der Waals surface area contributed by atoms with Crippen LogP contribution in [0.1, 0.15) is 45.4 Å². The van der Waals surface area contributed by atoms with Crippen LogP contribution in [0, 0.1) is 11.3 Å². The summed E-state index contributed by atoms with van der Waals surface area (Å²) in [5.74, 6) is 0.786. The number of rotatable bonds is 0. The molecular formula is C16H29N3O. The van der Waals surface area contributed by atoms with Crippen LogP contribution in [0.2, 0.25) is 0 Å². The molecule has 1 unspecified atom stereocenters. The van der Waals surface area contributed by atoms with Crippen LogP contribution >= 0.6 is 0 Å². The van der Waals surface area contributed by atoms with Crippen LogP contribution in [0.25, 0.3) is 0 Å². The number of hydrogen-bond donors (Lipinski definition) is 1. The highest BCUT2D eigenvalue weighted by atomic mass is 16.2. The van der Waals surface area contributed by atoms with E-state index in [2.05, 4.69) is 22.0 Å². The first-order valence-electron chi connectivity index (χ1n) is 8.43. The van der Waals surface area contributed by atoms with Crippen molar-refractivity contribution in [2.45, 2.75) is 45.4 Å². The third-order valence-electron chi connectivity index (χ3n) is 5.55. The molecule has 1 spiro atoms. The molecule has 0 aromatic heterocycles. The minimum atomic E-state index is 0.307. The van der Waals surface area contributed by atoms with Crippen molar-refractivity contribution in [1.29, 1.82) is 0 Å². The Morgan fingerprint density at radius 3 is 2.55 bits per heavy atom. The summed E-state index contributed by atoms with van der Waals surface area (Å²) in [7, 11) is 0. The maximum Gasteiger partial charge on any atom is 0.320 e. The molecule has 4 heteroatoms. The van der Waals surface area contributed by atoms with E-state index in [4.69, 9.17) is 0 Å². The predicted octanol–water partition coefficient (Wildman–Crippen LogP) is 2.30. The lowest BCUT2D eigenvalue weighted by Gasteiger charge is -2.47. The lowest BCUT2D eigenvalue weighted by atomic mass is 9.74. The zero-order valence-corrected chi connectivity index (χ0v) is 12.9. The highest BCUT2D eigenvalue weighted by Gasteiger charge is 2.39. The lowest BCUT2D eigenvalue weighted by molar-refractivity contribution is 0.0616. The number of hydrogen-bond acceptors (Lipinski definition) is 2. The van der Waals surface area contributed by atoms with Crippen LogP contribution < -0.4 is 5.32 Å². The molecule has 3 aliphatic rings. The number of urea groups is 1. The van der Waals surface area contributed by atoms with Gasteiger partial charge in [-0.05, 0) is 51.0 Å². The number of likely N-dealkylation sites (tertiary alicyclic amines) is 2. The second-order valence-corrected chi connectivity index (χ2v) is 7.26. The first kappa shape index (κ1) is 14.2. The predicted molar refractivity (Wildman–Crippen MR) is 80.7 cm³/mol. The maximum atomic E-state index is 12.7. The molecule has 3 saturated heterocycles. The van der Waals surface area contributed by atoms with E-state index in [-0.39, 0.29) is 0 Å². The summed E-state index contributed by atoms with van der Waals surface area (Å²) in [6, 6.07) is 0.307. The standard InChI is InChI=1S/C16H29N3O/c1-14-4-10-18(11-5-14)15(20)19-9-3-7-16(13-19)6-2-8-17-12-16/h14,17H,2-13H2,1H3. The van der Waals surface area contributed by atoms with Crippen molar-refractivity contribution in [2.24, 2.45) is 11.3 Å². The summed E-state index contributed by atoms with van der Waals surface area (Å²) < 4.78 is 0. The molecule has 0 aromatic rings. The summed E-state index contributed by atoms with van der Waals surface area (Å²) in [6.45, 7) is 8.42. The average Bonchev–Trinajstić information content (AvgIpc) is 2.48. The molecule has 2 amide bonds. The van der Waals surface area contributed by atoms with Crippen molar-refractivity contribution in [3.05, 3.63) is 0 Å². The van der Waals surface area contributed by atoms with Crippen LogP contribution in [0.3, 0.4) is 0 Å². The highest BCUT2D eigenvalue weighted by molar-refractivity contribution is 5.74. The number of piperidine rings is 3. The molecule has 3 rings (SSSR count). The number of nitrogens with one attached hydrogen (secondary N) is 1. The van der Waals surface area contributed by atoms with Crippen LogP contribution in [0.5, 0.6) is 0 Å². The minimum Gasteiger partial charge on any atom is -0.325 e. The fraction of sp³-hybridized carbons (Fsp3) is 0.938. The Morgan fingerprint density at radius 2 is 1.85 bits per heavy atom. The smallest absolute Gasteiger partial charge is 0.320 e. The molecule has 4 nitrogen and oxygen atoms in total. The zero-order valence-electron chi connectivity index (χ0n) is 12.9. The van der Waals surface area contributed by atoms with Crippen molar-refractivity contribution < 1.29 is 4.79 Å². The normalized spacial score (nSPS) is 32.6. The van der Waals surface area contributed by atoms with Gasteiger partial charge in [0.1, 0.15) is 0 Å². The monoisotopic (exact) mass is 279 g/mol. The van der Waals surface area contributed by atoms with Crippen LogP contribution in [-0.2, 0) is 0 Å². The first-order valence-corrected chi connectivity index (χ1v) is 8.43. The Kier molecular flexibility index (Phi) is 4.20. The number of amides is 2. The van der Waals surface area contributed by atoms with Gasteiger partial charge in [0.05, 0.1) is 0 Å². The molecule has 0 saturated carbocycles. The van der Waals surface area contributed by atoms with Crippen LogP contribution in [-0.4, -0.2) is 55.1 Å². The number of carbonyl (C=O) groups is 1. The summed E-state index contributed by atoms with van der Waals surface area (Å²) in [4.78, 5) is 17.0. The first-order chi connectivity index (χ1) is 9.69. The fourth-order valence-corrected chi connectivity index (χ4v) is 4.15. The summed E-state index contributed by atoms with van der Waals surface area (Å²) >= 11 is 0. The number of carbonyl (C=O) groups excluding carboxylic acids is 1. The van der Waals surface area contributed by atoms with Gasteiger partial charge in [-0.15, -0.1) is 0 Å². The molecular weight excluding hydrogens is 250 g/mol. The molecule has 1 N–H and O–H groups in total. The highest BCUT2D eigenvalue weighted by Crippen LogP contribution is 2.36.